The second kappa shape index (κ2) is 8.52. The highest BCUT2D eigenvalue weighted by Crippen LogP contribution is 2.22. The van der Waals surface area contributed by atoms with Gasteiger partial charge >= 0.3 is 0 Å². The summed E-state index contributed by atoms with van der Waals surface area (Å²) in [4.78, 5) is 12.9. The van der Waals surface area contributed by atoms with Crippen molar-refractivity contribution in [2.45, 2.75) is 52.6 Å². The molecule has 2 N–H and O–H groups in total. The van der Waals surface area contributed by atoms with Crippen LogP contribution in [0, 0.1) is 0 Å². The minimum Gasteiger partial charge on any atom is -0.443 e. The molecule has 0 amide bonds. The van der Waals surface area contributed by atoms with E-state index >= 15 is 0 Å². The van der Waals surface area contributed by atoms with Crippen LogP contribution in [0.2, 0.25) is 0 Å². The fourth-order valence-corrected chi connectivity index (χ4v) is 2.11. The largest absolute Gasteiger partial charge is 0.443 e. The lowest BCUT2D eigenvalue weighted by Crippen LogP contribution is -2.38. The number of oxazole rings is 1. The van der Waals surface area contributed by atoms with Gasteiger partial charge in [0.15, 0.2) is 5.96 Å². The molecule has 0 aliphatic carbocycles. The lowest BCUT2D eigenvalue weighted by atomic mass is 9.94. The molecule has 132 valence electrons. The zero-order chi connectivity index (χ0) is 17.4. The monoisotopic (exact) mass is 332 g/mol. The Bertz CT molecular complexity index is 624. The van der Waals surface area contributed by atoms with Crippen molar-refractivity contribution in [3.63, 3.8) is 0 Å². The van der Waals surface area contributed by atoms with Crippen LogP contribution < -0.4 is 10.6 Å². The van der Waals surface area contributed by atoms with Crippen LogP contribution in [0.15, 0.2) is 34.3 Å². The third kappa shape index (κ3) is 5.72. The zero-order valence-corrected chi connectivity index (χ0v) is 15.0. The molecule has 7 nitrogen and oxygen atoms in total. The van der Waals surface area contributed by atoms with E-state index in [0.717, 1.165) is 37.8 Å². The van der Waals surface area contributed by atoms with E-state index in [1.807, 2.05) is 19.4 Å². The van der Waals surface area contributed by atoms with Crippen molar-refractivity contribution >= 4 is 5.96 Å². The molecule has 2 rings (SSSR count). The Kier molecular flexibility index (Phi) is 6.40. The van der Waals surface area contributed by atoms with Crippen LogP contribution in [0.5, 0.6) is 0 Å². The van der Waals surface area contributed by atoms with Crippen molar-refractivity contribution in [2.75, 3.05) is 13.1 Å². The molecule has 2 heterocycles. The first-order valence-corrected chi connectivity index (χ1v) is 8.42. The maximum Gasteiger partial charge on any atom is 0.216 e. The Morgan fingerprint density at radius 1 is 1.33 bits per heavy atom. The molecule has 0 aliphatic heterocycles. The SMILES string of the molecule is CCNC(=NCc1ncc(C(C)(C)C)o1)NCCCn1ccnc1. The van der Waals surface area contributed by atoms with Gasteiger partial charge in [0.2, 0.25) is 5.89 Å². The van der Waals surface area contributed by atoms with E-state index in [4.69, 9.17) is 4.42 Å². The summed E-state index contributed by atoms with van der Waals surface area (Å²) in [5.41, 5.74) is -0.0367. The highest BCUT2D eigenvalue weighted by Gasteiger charge is 2.18. The minimum atomic E-state index is -0.0367. The van der Waals surface area contributed by atoms with Crippen molar-refractivity contribution in [3.8, 4) is 0 Å². The number of nitrogens with one attached hydrogen (secondary N) is 2. The van der Waals surface area contributed by atoms with E-state index in [9.17, 15) is 0 Å². The highest BCUT2D eigenvalue weighted by atomic mass is 16.4. The molecule has 2 aromatic rings. The van der Waals surface area contributed by atoms with Crippen molar-refractivity contribution in [1.29, 1.82) is 0 Å². The van der Waals surface area contributed by atoms with Crippen LogP contribution in [0.4, 0.5) is 0 Å². The molecule has 0 unspecified atom stereocenters. The quantitative estimate of drug-likeness (QED) is 0.462. The molecule has 0 bridgehead atoms. The standard InChI is InChI=1S/C17H28N6O/c1-5-19-16(20-7-6-9-23-10-8-18-13-23)22-12-15-21-11-14(24-15)17(2,3)4/h8,10-11,13H,5-7,9,12H2,1-4H3,(H2,19,20,22). The first kappa shape index (κ1) is 18.0. The molecule has 0 aliphatic rings. The Balaban J connectivity index is 1.82. The Morgan fingerprint density at radius 2 is 2.17 bits per heavy atom. The third-order valence-electron chi connectivity index (χ3n) is 3.45. The van der Waals surface area contributed by atoms with Crippen molar-refractivity contribution in [3.05, 3.63) is 36.6 Å². The van der Waals surface area contributed by atoms with E-state index in [-0.39, 0.29) is 5.41 Å². The zero-order valence-electron chi connectivity index (χ0n) is 15.0. The number of aromatic nitrogens is 3. The van der Waals surface area contributed by atoms with Crippen LogP contribution in [-0.4, -0.2) is 33.6 Å². The van der Waals surface area contributed by atoms with E-state index in [0.29, 0.717) is 12.4 Å². The summed E-state index contributed by atoms with van der Waals surface area (Å²) in [7, 11) is 0. The van der Waals surface area contributed by atoms with Crippen LogP contribution >= 0.6 is 0 Å². The number of aliphatic imine (C=N–C) groups is 1. The predicted molar refractivity (Wildman–Crippen MR) is 94.9 cm³/mol. The predicted octanol–water partition coefficient (Wildman–Crippen LogP) is 2.31. The number of hydrogen-bond donors (Lipinski definition) is 2. The van der Waals surface area contributed by atoms with Gasteiger partial charge in [-0.15, -0.1) is 0 Å². The Morgan fingerprint density at radius 3 is 2.79 bits per heavy atom. The average Bonchev–Trinajstić information content (AvgIpc) is 3.19. The summed E-state index contributed by atoms with van der Waals surface area (Å²) in [6.07, 6.45) is 8.37. The molecule has 7 heteroatoms. The van der Waals surface area contributed by atoms with Crippen molar-refractivity contribution in [1.82, 2.24) is 25.2 Å². The highest BCUT2D eigenvalue weighted by molar-refractivity contribution is 5.79. The molecule has 0 saturated heterocycles. The lowest BCUT2D eigenvalue weighted by Gasteiger charge is -2.13. The number of aryl methyl sites for hydroxylation is 1. The summed E-state index contributed by atoms with van der Waals surface area (Å²) in [6, 6.07) is 0. The van der Waals surface area contributed by atoms with Crippen LogP contribution in [-0.2, 0) is 18.5 Å². The number of guanidine groups is 1. The fraction of sp³-hybridized carbons (Fsp3) is 0.588. The minimum absolute atomic E-state index is 0.0367. The Labute approximate surface area is 143 Å². The number of nitrogens with zero attached hydrogens (tertiary/aromatic N) is 4. The topological polar surface area (TPSA) is 80.3 Å². The molecule has 24 heavy (non-hydrogen) atoms. The van der Waals surface area contributed by atoms with Gasteiger partial charge < -0.3 is 19.6 Å². The van der Waals surface area contributed by atoms with Gasteiger partial charge in [-0.2, -0.15) is 0 Å². The van der Waals surface area contributed by atoms with E-state index in [2.05, 4.69) is 50.9 Å². The van der Waals surface area contributed by atoms with Gasteiger partial charge in [0.1, 0.15) is 12.3 Å². The van der Waals surface area contributed by atoms with Gasteiger partial charge in [-0.25, -0.2) is 15.0 Å². The van der Waals surface area contributed by atoms with Crippen molar-refractivity contribution < 1.29 is 4.42 Å². The molecule has 0 atom stereocenters. The van der Waals surface area contributed by atoms with Gasteiger partial charge in [-0.1, -0.05) is 20.8 Å². The summed E-state index contributed by atoms with van der Waals surface area (Å²) in [5, 5.41) is 6.56. The van der Waals surface area contributed by atoms with Gasteiger partial charge in [-0.3, -0.25) is 0 Å². The van der Waals surface area contributed by atoms with Crippen LogP contribution in [0.1, 0.15) is 45.8 Å². The lowest BCUT2D eigenvalue weighted by molar-refractivity contribution is 0.383. The van der Waals surface area contributed by atoms with Gasteiger partial charge in [-0.05, 0) is 13.3 Å². The second-order valence-corrected chi connectivity index (χ2v) is 6.64. The number of hydrogen-bond acceptors (Lipinski definition) is 4. The normalized spacial score (nSPS) is 12.4. The summed E-state index contributed by atoms with van der Waals surface area (Å²) < 4.78 is 7.83. The van der Waals surface area contributed by atoms with Crippen LogP contribution in [0.3, 0.4) is 0 Å². The molecule has 0 aromatic carbocycles. The molecular weight excluding hydrogens is 304 g/mol. The third-order valence-corrected chi connectivity index (χ3v) is 3.45. The number of imidazole rings is 1. The maximum absolute atomic E-state index is 5.77. The van der Waals surface area contributed by atoms with Crippen LogP contribution in [0.25, 0.3) is 0 Å². The molecule has 0 saturated carbocycles. The smallest absolute Gasteiger partial charge is 0.216 e. The van der Waals surface area contributed by atoms with E-state index in [1.54, 1.807) is 12.4 Å². The molecule has 0 radical (unpaired) electrons. The first-order chi connectivity index (χ1) is 11.5. The summed E-state index contributed by atoms with van der Waals surface area (Å²) in [5.74, 6) is 2.29. The first-order valence-electron chi connectivity index (χ1n) is 8.42. The van der Waals surface area contributed by atoms with Crippen molar-refractivity contribution in [2.24, 2.45) is 4.99 Å². The maximum atomic E-state index is 5.77. The molecule has 2 aromatic heterocycles. The fourth-order valence-electron chi connectivity index (χ4n) is 2.11. The second-order valence-electron chi connectivity index (χ2n) is 6.64. The van der Waals surface area contributed by atoms with E-state index < -0.39 is 0 Å². The Hall–Kier alpha value is -2.31. The van der Waals surface area contributed by atoms with Gasteiger partial charge in [0.05, 0.1) is 12.5 Å². The molecule has 0 fully saturated rings. The number of rotatable bonds is 7. The average molecular weight is 332 g/mol. The van der Waals surface area contributed by atoms with Gasteiger partial charge in [0, 0.05) is 37.4 Å². The summed E-state index contributed by atoms with van der Waals surface area (Å²) >= 11 is 0. The molecular formula is C17H28N6O. The van der Waals surface area contributed by atoms with Gasteiger partial charge in [0.25, 0.3) is 0 Å². The molecule has 0 spiro atoms. The van der Waals surface area contributed by atoms with E-state index in [1.165, 1.54) is 0 Å². The summed E-state index contributed by atoms with van der Waals surface area (Å²) in [6.45, 7) is 11.4.